The third-order valence-electron chi connectivity index (χ3n) is 11.4. The van der Waals surface area contributed by atoms with E-state index < -0.39 is 17.7 Å². The third kappa shape index (κ3) is 7.76. The molecule has 3 fully saturated rings. The number of amides is 2. The number of imidazole rings is 1. The molecule has 4 aromatic rings. The Morgan fingerprint density at radius 3 is 2.32 bits per heavy atom. The van der Waals surface area contributed by atoms with Gasteiger partial charge in [0.2, 0.25) is 11.8 Å². The number of anilines is 1. The molecule has 53 heavy (non-hydrogen) atoms. The van der Waals surface area contributed by atoms with E-state index >= 15 is 0 Å². The number of para-hydroxylation sites is 1. The standard InChI is InChI=1S/C38H46ClF3N8O3/c1-43-35-29(38(40,41)42)20-24(21-30(35)39)19-25(36(52)49-17-15-47(16-18-49)26-7-11-46(2)12-8-26)22-33(51)48-13-9-27(10-14-48)50-32-23-44-31-6-4-3-5-28(31)34(32)45-37(50)53/h3-6,20-21,23,25-27,43H,7-19,22H2,1-2H3,(H,45,53)/t25-/m0/s1. The van der Waals surface area contributed by atoms with Crippen LogP contribution < -0.4 is 11.0 Å². The van der Waals surface area contributed by atoms with E-state index in [1.54, 1.807) is 20.6 Å². The van der Waals surface area contributed by atoms with Gasteiger partial charge in [-0.3, -0.25) is 24.0 Å². The van der Waals surface area contributed by atoms with Crippen LogP contribution in [0.25, 0.3) is 21.9 Å². The number of benzene rings is 2. The second kappa shape index (κ2) is 15.3. The number of carbonyl (C=O) groups excluding carboxylic acids is 2. The molecule has 0 radical (unpaired) electrons. The molecule has 3 aliphatic heterocycles. The SMILES string of the molecule is CNc1c(Cl)cc(C[C@@H](CC(=O)N2CCC(n3c(=O)[nH]c4c5ccccc5ncc43)CC2)C(=O)N2CCN(C3CCN(C)CC3)CC2)cc1C(F)(F)F. The van der Waals surface area contributed by atoms with Gasteiger partial charge in [0, 0.05) is 70.2 Å². The third-order valence-corrected chi connectivity index (χ3v) is 11.7. The van der Waals surface area contributed by atoms with Gasteiger partial charge in [-0.1, -0.05) is 29.8 Å². The highest BCUT2D eigenvalue weighted by molar-refractivity contribution is 6.33. The minimum atomic E-state index is -4.67. The summed E-state index contributed by atoms with van der Waals surface area (Å²) in [5.41, 5.74) is 1.09. The molecule has 1 atom stereocenters. The molecule has 3 aliphatic rings. The summed E-state index contributed by atoms with van der Waals surface area (Å²) < 4.78 is 44.0. The summed E-state index contributed by atoms with van der Waals surface area (Å²) in [6, 6.07) is 10.4. The second-order valence-corrected chi connectivity index (χ2v) is 15.1. The van der Waals surface area contributed by atoms with Crippen LogP contribution in [0.15, 0.2) is 47.4 Å². The smallest absolute Gasteiger partial charge is 0.386 e. The van der Waals surface area contributed by atoms with Crippen molar-refractivity contribution in [2.24, 2.45) is 5.92 Å². The Hall–Kier alpha value is -4.14. The van der Waals surface area contributed by atoms with Gasteiger partial charge in [0.15, 0.2) is 0 Å². The van der Waals surface area contributed by atoms with Gasteiger partial charge in [-0.2, -0.15) is 13.2 Å². The molecule has 0 spiro atoms. The Kier molecular flexibility index (Phi) is 10.7. The molecule has 11 nitrogen and oxygen atoms in total. The van der Waals surface area contributed by atoms with E-state index in [1.165, 1.54) is 13.1 Å². The zero-order valence-corrected chi connectivity index (χ0v) is 30.8. The molecule has 2 aromatic carbocycles. The number of fused-ring (bicyclic) bond motifs is 3. The van der Waals surface area contributed by atoms with Gasteiger partial charge < -0.3 is 25.0 Å². The number of aromatic amines is 1. The molecule has 2 aromatic heterocycles. The number of carbonyl (C=O) groups is 2. The van der Waals surface area contributed by atoms with Crippen molar-refractivity contribution in [1.29, 1.82) is 0 Å². The molecule has 2 amide bonds. The van der Waals surface area contributed by atoms with Crippen molar-refractivity contribution in [3.05, 3.63) is 69.2 Å². The molecule has 0 aliphatic carbocycles. The van der Waals surface area contributed by atoms with Gasteiger partial charge >= 0.3 is 11.9 Å². The van der Waals surface area contributed by atoms with Crippen molar-refractivity contribution in [1.82, 2.24) is 34.1 Å². The number of H-pyrrole nitrogens is 1. The molecular weight excluding hydrogens is 709 g/mol. The second-order valence-electron chi connectivity index (χ2n) is 14.7. The van der Waals surface area contributed by atoms with E-state index in [-0.39, 0.29) is 52.7 Å². The molecule has 2 N–H and O–H groups in total. The summed E-state index contributed by atoms with van der Waals surface area (Å²) in [7, 11) is 3.50. The number of likely N-dealkylation sites (tertiary alicyclic amines) is 2. The van der Waals surface area contributed by atoms with Crippen molar-refractivity contribution in [2.45, 2.75) is 56.8 Å². The van der Waals surface area contributed by atoms with E-state index in [0.29, 0.717) is 63.7 Å². The van der Waals surface area contributed by atoms with E-state index in [9.17, 15) is 27.6 Å². The molecule has 7 rings (SSSR count). The maximum atomic E-state index is 14.2. The fourth-order valence-corrected chi connectivity index (χ4v) is 8.85. The van der Waals surface area contributed by atoms with Crippen molar-refractivity contribution in [3.8, 4) is 0 Å². The summed E-state index contributed by atoms with van der Waals surface area (Å²) in [5.74, 6) is -1.34. The highest BCUT2D eigenvalue weighted by atomic mass is 35.5. The van der Waals surface area contributed by atoms with Gasteiger partial charge in [-0.15, -0.1) is 0 Å². The maximum absolute atomic E-state index is 14.2. The lowest BCUT2D eigenvalue weighted by molar-refractivity contribution is -0.143. The largest absolute Gasteiger partial charge is 0.418 e. The molecule has 3 saturated heterocycles. The quantitative estimate of drug-likeness (QED) is 0.253. The van der Waals surface area contributed by atoms with Crippen molar-refractivity contribution in [3.63, 3.8) is 0 Å². The molecule has 15 heteroatoms. The Balaban J connectivity index is 1.07. The van der Waals surface area contributed by atoms with Crippen LogP contribution in [0.4, 0.5) is 18.9 Å². The number of piperazine rings is 1. The predicted octanol–water partition coefficient (Wildman–Crippen LogP) is 5.24. The zero-order valence-electron chi connectivity index (χ0n) is 30.1. The summed E-state index contributed by atoms with van der Waals surface area (Å²) in [6.45, 7) is 5.25. The molecule has 0 saturated carbocycles. The van der Waals surface area contributed by atoms with Crippen LogP contribution in [0.2, 0.25) is 5.02 Å². The molecule has 0 unspecified atom stereocenters. The summed E-state index contributed by atoms with van der Waals surface area (Å²) in [5, 5.41) is 3.31. The molecular formula is C38H46ClF3N8O3. The van der Waals surface area contributed by atoms with Crippen molar-refractivity contribution < 1.29 is 22.8 Å². The van der Waals surface area contributed by atoms with Crippen LogP contribution in [0.5, 0.6) is 0 Å². The average molecular weight is 755 g/mol. The van der Waals surface area contributed by atoms with Gasteiger partial charge in [-0.05, 0) is 76.0 Å². The number of piperidine rings is 2. The van der Waals surface area contributed by atoms with Gasteiger partial charge in [0.05, 0.1) is 44.9 Å². The summed E-state index contributed by atoms with van der Waals surface area (Å²) >= 11 is 6.34. The highest BCUT2D eigenvalue weighted by Crippen LogP contribution is 2.40. The normalized spacial score (nSPS) is 19.3. The fourth-order valence-electron chi connectivity index (χ4n) is 8.51. The number of nitrogens with one attached hydrogen (secondary N) is 2. The van der Waals surface area contributed by atoms with Crippen LogP contribution in [-0.2, 0) is 22.2 Å². The summed E-state index contributed by atoms with van der Waals surface area (Å²) in [6.07, 6.45) is 0.0349. The fraction of sp³-hybridized carbons (Fsp3) is 0.526. The van der Waals surface area contributed by atoms with Crippen LogP contribution in [0.1, 0.15) is 49.3 Å². The maximum Gasteiger partial charge on any atom is 0.418 e. The number of hydrogen-bond acceptors (Lipinski definition) is 7. The molecule has 284 valence electrons. The highest BCUT2D eigenvalue weighted by Gasteiger charge is 2.37. The van der Waals surface area contributed by atoms with Gasteiger partial charge in [0.1, 0.15) is 0 Å². The van der Waals surface area contributed by atoms with Crippen LogP contribution in [0.3, 0.4) is 0 Å². The van der Waals surface area contributed by atoms with Crippen LogP contribution in [0, 0.1) is 5.92 Å². The first-order valence-corrected chi connectivity index (χ1v) is 18.8. The minimum Gasteiger partial charge on any atom is -0.386 e. The Morgan fingerprint density at radius 1 is 0.962 bits per heavy atom. The van der Waals surface area contributed by atoms with Crippen molar-refractivity contribution in [2.75, 3.05) is 71.8 Å². The van der Waals surface area contributed by atoms with Crippen molar-refractivity contribution >= 4 is 51.0 Å². The number of pyridine rings is 1. The Labute approximate surface area is 311 Å². The lowest BCUT2D eigenvalue weighted by Crippen LogP contribution is -2.55. The van der Waals surface area contributed by atoms with E-state index in [4.69, 9.17) is 11.6 Å². The number of halogens is 4. The average Bonchev–Trinajstić information content (AvgIpc) is 3.50. The van der Waals surface area contributed by atoms with Gasteiger partial charge in [0.25, 0.3) is 0 Å². The Bertz CT molecular complexity index is 2030. The first-order valence-electron chi connectivity index (χ1n) is 18.5. The number of nitrogens with zero attached hydrogens (tertiary/aromatic N) is 6. The molecule has 5 heterocycles. The lowest BCUT2D eigenvalue weighted by Gasteiger charge is -2.43. The lowest BCUT2D eigenvalue weighted by atomic mass is 9.91. The first-order chi connectivity index (χ1) is 25.4. The predicted molar refractivity (Wildman–Crippen MR) is 199 cm³/mol. The number of aromatic nitrogens is 3. The van der Waals surface area contributed by atoms with E-state index in [0.717, 1.165) is 48.4 Å². The monoisotopic (exact) mass is 754 g/mol. The van der Waals surface area contributed by atoms with Crippen LogP contribution in [-0.4, -0.2) is 118 Å². The number of rotatable bonds is 8. The topological polar surface area (TPSA) is 110 Å². The zero-order chi connectivity index (χ0) is 37.4. The summed E-state index contributed by atoms with van der Waals surface area (Å²) in [4.78, 5) is 57.1. The van der Waals surface area contributed by atoms with Crippen LogP contribution >= 0.6 is 11.6 Å². The molecule has 0 bridgehead atoms. The minimum absolute atomic E-state index is 0.0608. The van der Waals surface area contributed by atoms with E-state index in [1.807, 2.05) is 24.3 Å². The van der Waals surface area contributed by atoms with Gasteiger partial charge in [-0.25, -0.2) is 4.79 Å². The van der Waals surface area contributed by atoms with E-state index in [2.05, 4.69) is 32.1 Å². The number of alkyl halides is 3. The first kappa shape index (κ1) is 37.2. The number of hydrogen-bond donors (Lipinski definition) is 2. The Morgan fingerprint density at radius 2 is 1.64 bits per heavy atom.